The first-order valence-electron chi connectivity index (χ1n) is 12.7. The average molecular weight is 525 g/mol. The van der Waals surface area contributed by atoms with E-state index in [1.165, 1.54) is 0 Å². The number of aliphatic imine (C=N–C) groups is 1. The molecular weight excluding hydrogens is 488 g/mol. The minimum Gasteiger partial charge on any atom is -0.444 e. The average Bonchev–Trinajstić information content (AvgIpc) is 2.90. The Labute approximate surface area is 223 Å². The van der Waals surface area contributed by atoms with Gasteiger partial charge in [0.2, 0.25) is 5.96 Å². The molecule has 0 atom stereocenters. The van der Waals surface area contributed by atoms with Gasteiger partial charge in [0.05, 0.1) is 0 Å². The monoisotopic (exact) mass is 524 g/mol. The Morgan fingerprint density at radius 1 is 0.868 bits per heavy atom. The van der Waals surface area contributed by atoms with E-state index in [2.05, 4.69) is 15.6 Å². The number of piperidine rings is 1. The molecule has 1 saturated heterocycles. The van der Waals surface area contributed by atoms with Gasteiger partial charge in [-0.25, -0.2) is 14.4 Å². The Balaban J connectivity index is 1.57. The summed E-state index contributed by atoms with van der Waals surface area (Å²) in [5.74, 6) is 0.287. The van der Waals surface area contributed by atoms with Gasteiger partial charge < -0.3 is 24.4 Å². The fourth-order valence-electron chi connectivity index (χ4n) is 3.76. The molecule has 2 aromatic carbocycles. The van der Waals surface area contributed by atoms with Crippen LogP contribution >= 0.6 is 0 Å². The van der Waals surface area contributed by atoms with Crippen LogP contribution in [0.1, 0.15) is 44.7 Å². The lowest BCUT2D eigenvalue weighted by Crippen LogP contribution is -2.49. The molecule has 10 heteroatoms. The Hall–Kier alpha value is -4.08. The molecule has 1 heterocycles. The Bertz CT molecular complexity index is 1080. The van der Waals surface area contributed by atoms with Crippen LogP contribution in [0, 0.1) is 5.92 Å². The second-order valence-electron chi connectivity index (χ2n) is 9.98. The van der Waals surface area contributed by atoms with Crippen LogP contribution in [0.3, 0.4) is 0 Å². The highest BCUT2D eigenvalue weighted by atomic mass is 16.6. The van der Waals surface area contributed by atoms with Crippen LogP contribution in [0.25, 0.3) is 0 Å². The molecule has 2 N–H and O–H groups in total. The molecule has 0 bridgehead atoms. The number of amides is 3. The zero-order chi connectivity index (χ0) is 27.4. The van der Waals surface area contributed by atoms with Crippen molar-refractivity contribution in [2.75, 3.05) is 19.6 Å². The van der Waals surface area contributed by atoms with Crippen LogP contribution in [0.5, 0.6) is 0 Å². The summed E-state index contributed by atoms with van der Waals surface area (Å²) in [7, 11) is 0. The maximum atomic E-state index is 12.5. The van der Waals surface area contributed by atoms with E-state index in [-0.39, 0.29) is 25.1 Å². The van der Waals surface area contributed by atoms with E-state index < -0.39 is 23.9 Å². The second kappa shape index (κ2) is 14.0. The molecule has 2 aromatic rings. The van der Waals surface area contributed by atoms with Gasteiger partial charge in [0, 0.05) is 19.6 Å². The van der Waals surface area contributed by atoms with E-state index in [9.17, 15) is 14.4 Å². The number of nitrogens with zero attached hydrogens (tertiary/aromatic N) is 2. The van der Waals surface area contributed by atoms with E-state index in [0.717, 1.165) is 11.1 Å². The maximum Gasteiger partial charge on any atom is 0.437 e. The van der Waals surface area contributed by atoms with Crippen molar-refractivity contribution in [1.29, 1.82) is 0 Å². The Kier molecular flexibility index (Phi) is 10.5. The summed E-state index contributed by atoms with van der Waals surface area (Å²) < 4.78 is 15.9. The summed E-state index contributed by atoms with van der Waals surface area (Å²) in [6.07, 6.45) is -0.562. The quantitative estimate of drug-likeness (QED) is 0.315. The number of likely N-dealkylation sites (tertiary alicyclic amines) is 1. The first kappa shape index (κ1) is 28.5. The number of hydrogen-bond donors (Lipinski definition) is 2. The molecule has 0 spiro atoms. The standard InChI is InChI=1S/C28H36N4O6/c1-28(2,3)38-25(33)29-18-21-14-16-32(17-15-21)24(30-26(34)36-19-22-10-6-4-7-11-22)31-27(35)37-20-23-12-8-5-9-13-23/h4-13,21H,14-20H2,1-3H3,(H,29,33)(H,30,31,34,35). The lowest BCUT2D eigenvalue weighted by molar-refractivity contribution is 0.0512. The second-order valence-corrected chi connectivity index (χ2v) is 9.98. The largest absolute Gasteiger partial charge is 0.444 e. The van der Waals surface area contributed by atoms with E-state index in [0.29, 0.717) is 32.5 Å². The van der Waals surface area contributed by atoms with Crippen molar-refractivity contribution < 1.29 is 28.6 Å². The summed E-state index contributed by atoms with van der Waals surface area (Å²) in [6.45, 7) is 7.10. The zero-order valence-corrected chi connectivity index (χ0v) is 22.1. The highest BCUT2D eigenvalue weighted by Gasteiger charge is 2.25. The molecular formula is C28H36N4O6. The van der Waals surface area contributed by atoms with Gasteiger partial charge in [-0.1, -0.05) is 60.7 Å². The highest BCUT2D eigenvalue weighted by Crippen LogP contribution is 2.17. The van der Waals surface area contributed by atoms with Gasteiger partial charge in [-0.3, -0.25) is 5.32 Å². The Morgan fingerprint density at radius 3 is 1.97 bits per heavy atom. The fourth-order valence-corrected chi connectivity index (χ4v) is 3.76. The molecule has 10 nitrogen and oxygen atoms in total. The third-order valence-electron chi connectivity index (χ3n) is 5.68. The summed E-state index contributed by atoms with van der Waals surface area (Å²) >= 11 is 0. The smallest absolute Gasteiger partial charge is 0.437 e. The summed E-state index contributed by atoms with van der Waals surface area (Å²) in [5, 5.41) is 5.41. The van der Waals surface area contributed by atoms with Gasteiger partial charge in [0.15, 0.2) is 0 Å². The van der Waals surface area contributed by atoms with Crippen LogP contribution in [0.2, 0.25) is 0 Å². The number of hydrogen-bond acceptors (Lipinski definition) is 6. The molecule has 0 aromatic heterocycles. The first-order valence-corrected chi connectivity index (χ1v) is 12.7. The molecule has 0 saturated carbocycles. The summed E-state index contributed by atoms with van der Waals surface area (Å²) in [5.41, 5.74) is 1.10. The highest BCUT2D eigenvalue weighted by molar-refractivity contribution is 5.98. The minimum atomic E-state index is -0.819. The predicted molar refractivity (Wildman–Crippen MR) is 142 cm³/mol. The molecule has 3 rings (SSSR count). The summed E-state index contributed by atoms with van der Waals surface area (Å²) in [6, 6.07) is 18.5. The number of carbonyl (C=O) groups excluding carboxylic acids is 3. The number of nitrogens with one attached hydrogen (secondary N) is 2. The number of ether oxygens (including phenoxy) is 3. The topological polar surface area (TPSA) is 119 Å². The molecule has 1 aliphatic heterocycles. The predicted octanol–water partition coefficient (Wildman–Crippen LogP) is 4.84. The number of alkyl carbamates (subject to hydrolysis) is 2. The number of carbonyl (C=O) groups is 3. The van der Waals surface area contributed by atoms with E-state index in [4.69, 9.17) is 14.2 Å². The molecule has 0 aliphatic carbocycles. The van der Waals surface area contributed by atoms with Crippen LogP contribution in [0.4, 0.5) is 14.4 Å². The van der Waals surface area contributed by atoms with Gasteiger partial charge in [0.1, 0.15) is 18.8 Å². The van der Waals surface area contributed by atoms with Gasteiger partial charge >= 0.3 is 18.3 Å². The fraction of sp³-hybridized carbons (Fsp3) is 0.429. The minimum absolute atomic E-state index is 0.0628. The van der Waals surface area contributed by atoms with Crippen LogP contribution in [-0.2, 0) is 27.4 Å². The van der Waals surface area contributed by atoms with Gasteiger partial charge in [-0.15, -0.1) is 4.99 Å². The van der Waals surface area contributed by atoms with Crippen LogP contribution < -0.4 is 10.6 Å². The van der Waals surface area contributed by atoms with Crippen molar-refractivity contribution >= 4 is 24.2 Å². The van der Waals surface area contributed by atoms with Gasteiger partial charge in [-0.2, -0.15) is 0 Å². The molecule has 0 unspecified atom stereocenters. The SMILES string of the molecule is CC(C)(C)OC(=O)NCC1CCN(/C(=N\C(=O)OCc2ccccc2)NC(=O)OCc2ccccc2)CC1. The van der Waals surface area contributed by atoms with E-state index in [1.807, 2.05) is 81.4 Å². The van der Waals surface area contributed by atoms with Crippen molar-refractivity contribution in [3.63, 3.8) is 0 Å². The van der Waals surface area contributed by atoms with Crippen molar-refractivity contribution in [2.45, 2.75) is 52.4 Å². The lowest BCUT2D eigenvalue weighted by Gasteiger charge is -2.33. The number of benzene rings is 2. The van der Waals surface area contributed by atoms with Crippen LogP contribution in [0.15, 0.2) is 65.7 Å². The number of rotatable bonds is 6. The van der Waals surface area contributed by atoms with E-state index >= 15 is 0 Å². The van der Waals surface area contributed by atoms with Crippen molar-refractivity contribution in [3.8, 4) is 0 Å². The molecule has 3 amide bonds. The van der Waals surface area contributed by atoms with Crippen molar-refractivity contribution in [2.24, 2.45) is 10.9 Å². The lowest BCUT2D eigenvalue weighted by atomic mass is 9.97. The molecule has 1 fully saturated rings. The molecule has 204 valence electrons. The van der Waals surface area contributed by atoms with E-state index in [1.54, 1.807) is 4.90 Å². The Morgan fingerprint density at radius 2 is 1.42 bits per heavy atom. The van der Waals surface area contributed by atoms with Crippen molar-refractivity contribution in [1.82, 2.24) is 15.5 Å². The first-order chi connectivity index (χ1) is 18.2. The van der Waals surface area contributed by atoms with Crippen molar-refractivity contribution in [3.05, 3.63) is 71.8 Å². The number of guanidine groups is 1. The normalized spacial score (nSPS) is 14.4. The van der Waals surface area contributed by atoms with Crippen LogP contribution in [-0.4, -0.2) is 54.4 Å². The van der Waals surface area contributed by atoms with Gasteiger partial charge in [0.25, 0.3) is 0 Å². The zero-order valence-electron chi connectivity index (χ0n) is 22.1. The maximum absolute atomic E-state index is 12.5. The van der Waals surface area contributed by atoms with Gasteiger partial charge in [-0.05, 0) is 50.7 Å². The molecule has 0 radical (unpaired) electrons. The third-order valence-corrected chi connectivity index (χ3v) is 5.68. The summed E-state index contributed by atoms with van der Waals surface area (Å²) in [4.78, 5) is 42.8. The molecule has 1 aliphatic rings. The third kappa shape index (κ3) is 10.5. The molecule has 38 heavy (non-hydrogen) atoms.